The molecule has 3 aromatic carbocycles. The van der Waals surface area contributed by atoms with Crippen LogP contribution in [0.3, 0.4) is 0 Å². The molecule has 0 bridgehead atoms. The molecule has 1 aliphatic rings. The molecule has 0 saturated carbocycles. The van der Waals surface area contributed by atoms with Gasteiger partial charge in [-0.2, -0.15) is 17.6 Å². The molecule has 3 nitrogen and oxygen atoms in total. The minimum absolute atomic E-state index is 0.0717. The molecule has 4 rings (SSSR count). The van der Waals surface area contributed by atoms with E-state index >= 15 is 0 Å². The van der Waals surface area contributed by atoms with E-state index in [1.807, 2.05) is 6.92 Å². The Morgan fingerprint density at radius 3 is 2.06 bits per heavy atom. The van der Waals surface area contributed by atoms with Crippen molar-refractivity contribution in [2.45, 2.75) is 26.1 Å². The van der Waals surface area contributed by atoms with Crippen LogP contribution in [-0.4, -0.2) is 13.2 Å². The molecule has 36 heavy (non-hydrogen) atoms. The van der Waals surface area contributed by atoms with Gasteiger partial charge in [0, 0.05) is 17.7 Å². The number of hydrogen-bond donors (Lipinski definition) is 0. The number of rotatable bonds is 6. The summed E-state index contributed by atoms with van der Waals surface area (Å²) >= 11 is 0. The largest absolute Gasteiger partial charge is 0.493 e. The van der Waals surface area contributed by atoms with Gasteiger partial charge in [0.1, 0.15) is 34.5 Å². The summed E-state index contributed by atoms with van der Waals surface area (Å²) < 4.78 is 139. The van der Waals surface area contributed by atoms with Crippen molar-refractivity contribution in [2.75, 3.05) is 6.61 Å². The molecule has 0 aliphatic carbocycles. The van der Waals surface area contributed by atoms with Crippen LogP contribution in [0, 0.1) is 35.0 Å². The zero-order chi connectivity index (χ0) is 26.4. The molecule has 192 valence electrons. The van der Waals surface area contributed by atoms with Crippen LogP contribution in [0.4, 0.5) is 39.5 Å². The fourth-order valence-electron chi connectivity index (χ4n) is 3.78. The average molecular weight is 522 g/mol. The Kier molecular flexibility index (Phi) is 6.72. The Hall–Kier alpha value is -3.57. The molecule has 0 saturated heterocycles. The van der Waals surface area contributed by atoms with Gasteiger partial charge in [0.05, 0.1) is 6.61 Å². The second-order valence-corrected chi connectivity index (χ2v) is 8.09. The monoisotopic (exact) mass is 522 g/mol. The maximum absolute atomic E-state index is 14.7. The fourth-order valence-corrected chi connectivity index (χ4v) is 3.78. The highest BCUT2D eigenvalue weighted by molar-refractivity contribution is 5.68. The van der Waals surface area contributed by atoms with Gasteiger partial charge in [-0.1, -0.05) is 6.92 Å². The van der Waals surface area contributed by atoms with E-state index in [9.17, 15) is 39.5 Å². The third-order valence-electron chi connectivity index (χ3n) is 5.31. The van der Waals surface area contributed by atoms with Crippen LogP contribution in [0.2, 0.25) is 0 Å². The molecule has 0 radical (unpaired) electrons. The summed E-state index contributed by atoms with van der Waals surface area (Å²) in [5.74, 6) is -10.6. The Labute approximate surface area is 198 Å². The Morgan fingerprint density at radius 2 is 1.47 bits per heavy atom. The smallest absolute Gasteiger partial charge is 0.432 e. The van der Waals surface area contributed by atoms with Gasteiger partial charge in [-0.3, -0.25) is 0 Å². The molecule has 0 fully saturated rings. The first-order valence-electron chi connectivity index (χ1n) is 10.3. The molecule has 0 spiro atoms. The number of alkyl halides is 4. The summed E-state index contributed by atoms with van der Waals surface area (Å²) in [5, 5.41) is 0. The van der Waals surface area contributed by atoms with Crippen molar-refractivity contribution in [1.82, 2.24) is 0 Å². The topological polar surface area (TPSA) is 27.7 Å². The van der Waals surface area contributed by atoms with Crippen molar-refractivity contribution in [3.05, 3.63) is 76.6 Å². The first-order valence-corrected chi connectivity index (χ1v) is 10.3. The second-order valence-electron chi connectivity index (χ2n) is 8.09. The molecule has 3 aromatic rings. The maximum atomic E-state index is 14.7. The zero-order valence-electron chi connectivity index (χ0n) is 18.2. The normalized spacial score (nSPS) is 15.5. The lowest BCUT2D eigenvalue weighted by atomic mass is 9.94. The van der Waals surface area contributed by atoms with E-state index in [4.69, 9.17) is 4.74 Å². The summed E-state index contributed by atoms with van der Waals surface area (Å²) in [5.41, 5.74) is -2.12. The van der Waals surface area contributed by atoms with E-state index < -0.39 is 64.4 Å². The predicted octanol–water partition coefficient (Wildman–Crippen LogP) is 7.35. The van der Waals surface area contributed by atoms with Gasteiger partial charge in [-0.25, -0.2) is 22.0 Å². The van der Waals surface area contributed by atoms with Crippen LogP contribution in [0.5, 0.6) is 17.2 Å². The number of ether oxygens (including phenoxy) is 3. The number of halogens is 9. The van der Waals surface area contributed by atoms with E-state index in [-0.39, 0.29) is 29.4 Å². The van der Waals surface area contributed by atoms with Gasteiger partial charge in [-0.15, -0.1) is 0 Å². The minimum atomic E-state index is -4.82. The van der Waals surface area contributed by atoms with Crippen molar-refractivity contribution in [3.8, 4) is 28.4 Å². The van der Waals surface area contributed by atoms with Crippen molar-refractivity contribution >= 4 is 0 Å². The minimum Gasteiger partial charge on any atom is -0.493 e. The van der Waals surface area contributed by atoms with Crippen molar-refractivity contribution in [1.29, 1.82) is 0 Å². The Morgan fingerprint density at radius 1 is 0.861 bits per heavy atom. The molecule has 0 N–H and O–H groups in total. The van der Waals surface area contributed by atoms with Gasteiger partial charge < -0.3 is 14.2 Å². The van der Waals surface area contributed by atoms with E-state index in [0.29, 0.717) is 30.7 Å². The number of hydrogen-bond acceptors (Lipinski definition) is 3. The summed E-state index contributed by atoms with van der Waals surface area (Å²) in [7, 11) is 0. The summed E-state index contributed by atoms with van der Waals surface area (Å²) in [6.07, 6.45) is -4.31. The quantitative estimate of drug-likeness (QED) is 0.317. The van der Waals surface area contributed by atoms with E-state index in [2.05, 4.69) is 9.47 Å². The summed E-state index contributed by atoms with van der Waals surface area (Å²) in [6, 6.07) is 3.35. The first-order chi connectivity index (χ1) is 16.9. The lowest BCUT2D eigenvalue weighted by molar-refractivity contribution is -0.189. The van der Waals surface area contributed by atoms with Crippen molar-refractivity contribution < 1.29 is 53.7 Å². The van der Waals surface area contributed by atoms with Crippen LogP contribution in [0.15, 0.2) is 36.4 Å². The molecule has 1 atom stereocenters. The Balaban J connectivity index is 1.66. The number of fused-ring (bicyclic) bond motifs is 1. The maximum Gasteiger partial charge on any atom is 0.432 e. The standard InChI is InChI=1S/C24H15F9O3/c1-10-2-12-5-15(25)14(8-20(12)34-9-10)11-3-16(26)21(17(27)4-11)24(32,33)36-13-6-18(28)22(19(29)7-13)35-23(30)31/h3-8,10,23H,2,9H2,1H3. The van der Waals surface area contributed by atoms with Crippen LogP contribution in [0.1, 0.15) is 18.1 Å². The molecule has 0 amide bonds. The van der Waals surface area contributed by atoms with Crippen LogP contribution in [-0.2, 0) is 12.5 Å². The van der Waals surface area contributed by atoms with E-state index in [1.54, 1.807) is 0 Å². The van der Waals surface area contributed by atoms with Crippen LogP contribution in [0.25, 0.3) is 11.1 Å². The highest BCUT2D eigenvalue weighted by Crippen LogP contribution is 2.40. The molecule has 1 aliphatic heterocycles. The van der Waals surface area contributed by atoms with Gasteiger partial charge in [0.2, 0.25) is 0 Å². The molecule has 12 heteroatoms. The SMILES string of the molecule is CC1COc2cc(-c3cc(F)c(C(F)(F)Oc4cc(F)c(OC(F)F)c(F)c4)c(F)c3)c(F)cc2C1. The van der Waals surface area contributed by atoms with Gasteiger partial charge in [-0.05, 0) is 47.7 Å². The highest BCUT2D eigenvalue weighted by atomic mass is 19.3. The molecule has 0 aromatic heterocycles. The Bertz CT molecular complexity index is 1260. The molecule has 1 heterocycles. The van der Waals surface area contributed by atoms with Gasteiger partial charge in [0.15, 0.2) is 17.4 Å². The predicted molar refractivity (Wildman–Crippen MR) is 108 cm³/mol. The van der Waals surface area contributed by atoms with Crippen molar-refractivity contribution in [3.63, 3.8) is 0 Å². The molecular formula is C24H15F9O3. The number of benzene rings is 3. The fraction of sp³-hybridized carbons (Fsp3) is 0.250. The zero-order valence-corrected chi connectivity index (χ0v) is 18.2. The van der Waals surface area contributed by atoms with Crippen molar-refractivity contribution in [2.24, 2.45) is 5.92 Å². The van der Waals surface area contributed by atoms with Gasteiger partial charge >= 0.3 is 12.7 Å². The summed E-state index contributed by atoms with van der Waals surface area (Å²) in [4.78, 5) is 0. The first kappa shape index (κ1) is 25.5. The van der Waals surface area contributed by atoms with Crippen LogP contribution >= 0.6 is 0 Å². The van der Waals surface area contributed by atoms with E-state index in [0.717, 1.165) is 6.07 Å². The summed E-state index contributed by atoms with van der Waals surface area (Å²) in [6.45, 7) is -1.40. The van der Waals surface area contributed by atoms with E-state index in [1.165, 1.54) is 6.07 Å². The lowest BCUT2D eigenvalue weighted by Crippen LogP contribution is -2.25. The lowest BCUT2D eigenvalue weighted by Gasteiger charge is -2.24. The third kappa shape index (κ3) is 5.02. The molecular weight excluding hydrogens is 507 g/mol. The third-order valence-corrected chi connectivity index (χ3v) is 5.31. The second kappa shape index (κ2) is 9.47. The van der Waals surface area contributed by atoms with Crippen LogP contribution < -0.4 is 14.2 Å². The highest BCUT2D eigenvalue weighted by Gasteiger charge is 2.42. The molecule has 1 unspecified atom stereocenters. The average Bonchev–Trinajstić information content (AvgIpc) is 2.74. The van der Waals surface area contributed by atoms with Gasteiger partial charge in [0.25, 0.3) is 0 Å².